The van der Waals surface area contributed by atoms with E-state index in [2.05, 4.69) is 17.2 Å². The Hall–Kier alpha value is -1.29. The zero-order chi connectivity index (χ0) is 12.8. The first-order chi connectivity index (χ1) is 8.72. The Balaban J connectivity index is 1.90. The van der Waals surface area contributed by atoms with Crippen LogP contribution in [0, 0.1) is 5.41 Å². The standard InChI is InChI=1S/C14H22N2O2/c1-3-18-13-6-4-5-12(16-13)15-11-14(2)7-9-17-10-8-14/h4-6H,3,7-11H2,1-2H3,(H,15,16). The van der Waals surface area contributed by atoms with Gasteiger partial charge in [-0.3, -0.25) is 0 Å². The highest BCUT2D eigenvalue weighted by Gasteiger charge is 2.27. The topological polar surface area (TPSA) is 43.4 Å². The zero-order valence-electron chi connectivity index (χ0n) is 11.2. The Kier molecular flexibility index (Phi) is 4.42. The summed E-state index contributed by atoms with van der Waals surface area (Å²) in [5, 5.41) is 3.41. The van der Waals surface area contributed by atoms with Gasteiger partial charge in [0.25, 0.3) is 0 Å². The molecule has 0 aromatic carbocycles. The van der Waals surface area contributed by atoms with E-state index in [1.54, 1.807) is 0 Å². The molecule has 0 spiro atoms. The second-order valence-corrected chi connectivity index (χ2v) is 5.07. The van der Waals surface area contributed by atoms with Gasteiger partial charge in [-0.15, -0.1) is 0 Å². The Morgan fingerprint density at radius 1 is 1.39 bits per heavy atom. The van der Waals surface area contributed by atoms with E-state index in [1.165, 1.54) is 0 Å². The van der Waals surface area contributed by atoms with E-state index in [4.69, 9.17) is 9.47 Å². The lowest BCUT2D eigenvalue weighted by molar-refractivity contribution is 0.0299. The monoisotopic (exact) mass is 250 g/mol. The molecule has 0 amide bonds. The molecule has 0 radical (unpaired) electrons. The van der Waals surface area contributed by atoms with Crippen LogP contribution in [0.4, 0.5) is 5.82 Å². The highest BCUT2D eigenvalue weighted by molar-refractivity contribution is 5.37. The molecule has 100 valence electrons. The Bertz CT molecular complexity index is 376. The third-order valence-electron chi connectivity index (χ3n) is 3.41. The van der Waals surface area contributed by atoms with E-state index in [0.29, 0.717) is 17.9 Å². The average Bonchev–Trinajstić information content (AvgIpc) is 2.38. The number of aromatic nitrogens is 1. The van der Waals surface area contributed by atoms with Crippen LogP contribution in [0.3, 0.4) is 0 Å². The van der Waals surface area contributed by atoms with Crippen LogP contribution in [0.2, 0.25) is 0 Å². The van der Waals surface area contributed by atoms with E-state index in [1.807, 2.05) is 25.1 Å². The molecule has 1 aliphatic rings. The first kappa shape index (κ1) is 13.1. The largest absolute Gasteiger partial charge is 0.478 e. The third-order valence-corrected chi connectivity index (χ3v) is 3.41. The van der Waals surface area contributed by atoms with E-state index in [9.17, 15) is 0 Å². The van der Waals surface area contributed by atoms with Crippen LogP contribution >= 0.6 is 0 Å². The molecule has 1 N–H and O–H groups in total. The third kappa shape index (κ3) is 3.60. The lowest BCUT2D eigenvalue weighted by atomic mass is 9.82. The summed E-state index contributed by atoms with van der Waals surface area (Å²) in [5.74, 6) is 1.56. The number of ether oxygens (including phenoxy) is 2. The molecule has 0 bridgehead atoms. The molecule has 0 unspecified atom stereocenters. The fourth-order valence-corrected chi connectivity index (χ4v) is 2.09. The summed E-state index contributed by atoms with van der Waals surface area (Å²) in [6.45, 7) is 7.57. The van der Waals surface area contributed by atoms with Gasteiger partial charge in [-0.2, -0.15) is 4.98 Å². The quantitative estimate of drug-likeness (QED) is 0.872. The number of anilines is 1. The SMILES string of the molecule is CCOc1cccc(NCC2(C)CCOCC2)n1. The zero-order valence-corrected chi connectivity index (χ0v) is 11.2. The molecule has 4 heteroatoms. The highest BCUT2D eigenvalue weighted by atomic mass is 16.5. The average molecular weight is 250 g/mol. The molecule has 2 heterocycles. The van der Waals surface area contributed by atoms with Gasteiger partial charge >= 0.3 is 0 Å². The van der Waals surface area contributed by atoms with Crippen LogP contribution < -0.4 is 10.1 Å². The summed E-state index contributed by atoms with van der Waals surface area (Å²) in [4.78, 5) is 4.41. The van der Waals surface area contributed by atoms with Crippen LogP contribution in [0.25, 0.3) is 0 Å². The number of hydrogen-bond acceptors (Lipinski definition) is 4. The van der Waals surface area contributed by atoms with Crippen molar-refractivity contribution in [3.05, 3.63) is 18.2 Å². The van der Waals surface area contributed by atoms with Gasteiger partial charge in [-0.25, -0.2) is 0 Å². The minimum atomic E-state index is 0.307. The van der Waals surface area contributed by atoms with Gasteiger partial charge in [-0.1, -0.05) is 13.0 Å². The summed E-state index contributed by atoms with van der Waals surface area (Å²) in [6.07, 6.45) is 2.20. The summed E-state index contributed by atoms with van der Waals surface area (Å²) in [6, 6.07) is 5.82. The molecule has 0 aliphatic carbocycles. The second-order valence-electron chi connectivity index (χ2n) is 5.07. The van der Waals surface area contributed by atoms with Crippen molar-refractivity contribution in [1.82, 2.24) is 4.98 Å². The maximum absolute atomic E-state index is 5.40. The number of nitrogens with zero attached hydrogens (tertiary/aromatic N) is 1. The predicted octanol–water partition coefficient (Wildman–Crippen LogP) is 2.71. The molecule has 2 rings (SSSR count). The van der Waals surface area contributed by atoms with E-state index in [-0.39, 0.29) is 0 Å². The van der Waals surface area contributed by atoms with Crippen molar-refractivity contribution in [3.63, 3.8) is 0 Å². The number of rotatable bonds is 5. The Morgan fingerprint density at radius 2 is 2.17 bits per heavy atom. The summed E-state index contributed by atoms with van der Waals surface area (Å²) in [5.41, 5.74) is 0.307. The molecule has 1 fully saturated rings. The number of nitrogens with one attached hydrogen (secondary N) is 1. The lowest BCUT2D eigenvalue weighted by Gasteiger charge is -2.33. The van der Waals surface area contributed by atoms with Crippen molar-refractivity contribution in [1.29, 1.82) is 0 Å². The highest BCUT2D eigenvalue weighted by Crippen LogP contribution is 2.29. The fraction of sp³-hybridized carbons (Fsp3) is 0.643. The minimum absolute atomic E-state index is 0.307. The van der Waals surface area contributed by atoms with Gasteiger partial charge in [0.05, 0.1) is 6.61 Å². The van der Waals surface area contributed by atoms with E-state index in [0.717, 1.165) is 38.4 Å². The maximum atomic E-state index is 5.40. The van der Waals surface area contributed by atoms with Gasteiger partial charge in [0.1, 0.15) is 5.82 Å². The van der Waals surface area contributed by atoms with Crippen molar-refractivity contribution in [2.75, 3.05) is 31.7 Å². The molecule has 18 heavy (non-hydrogen) atoms. The predicted molar refractivity (Wildman–Crippen MR) is 72.1 cm³/mol. The van der Waals surface area contributed by atoms with Gasteiger partial charge in [0, 0.05) is 25.8 Å². The first-order valence-corrected chi connectivity index (χ1v) is 6.63. The minimum Gasteiger partial charge on any atom is -0.478 e. The first-order valence-electron chi connectivity index (χ1n) is 6.63. The normalized spacial score (nSPS) is 18.3. The summed E-state index contributed by atoms with van der Waals surface area (Å²) in [7, 11) is 0. The van der Waals surface area contributed by atoms with Gasteiger partial charge in [0.15, 0.2) is 0 Å². The molecule has 4 nitrogen and oxygen atoms in total. The molecule has 1 aliphatic heterocycles. The summed E-state index contributed by atoms with van der Waals surface area (Å²) < 4.78 is 10.8. The molecule has 1 aromatic heterocycles. The van der Waals surface area contributed by atoms with Crippen LogP contribution in [0.5, 0.6) is 5.88 Å². The van der Waals surface area contributed by atoms with E-state index >= 15 is 0 Å². The van der Waals surface area contributed by atoms with Crippen molar-refractivity contribution in [3.8, 4) is 5.88 Å². The maximum Gasteiger partial charge on any atom is 0.215 e. The van der Waals surface area contributed by atoms with Crippen molar-refractivity contribution < 1.29 is 9.47 Å². The molecule has 1 aromatic rings. The van der Waals surface area contributed by atoms with Gasteiger partial charge in [-0.05, 0) is 31.2 Å². The molecular formula is C14H22N2O2. The van der Waals surface area contributed by atoms with E-state index < -0.39 is 0 Å². The molecule has 1 saturated heterocycles. The van der Waals surface area contributed by atoms with Crippen molar-refractivity contribution >= 4 is 5.82 Å². The number of hydrogen-bond donors (Lipinski definition) is 1. The van der Waals surface area contributed by atoms with Crippen LogP contribution in [-0.4, -0.2) is 31.3 Å². The number of pyridine rings is 1. The summed E-state index contributed by atoms with van der Waals surface area (Å²) >= 11 is 0. The Morgan fingerprint density at radius 3 is 2.89 bits per heavy atom. The van der Waals surface area contributed by atoms with Crippen molar-refractivity contribution in [2.45, 2.75) is 26.7 Å². The van der Waals surface area contributed by atoms with Gasteiger partial charge < -0.3 is 14.8 Å². The van der Waals surface area contributed by atoms with Gasteiger partial charge in [0.2, 0.25) is 5.88 Å². The second kappa shape index (κ2) is 6.05. The van der Waals surface area contributed by atoms with Crippen LogP contribution in [0.15, 0.2) is 18.2 Å². The molecule has 0 atom stereocenters. The van der Waals surface area contributed by atoms with Crippen LogP contribution in [0.1, 0.15) is 26.7 Å². The molecular weight excluding hydrogens is 228 g/mol. The van der Waals surface area contributed by atoms with Crippen molar-refractivity contribution in [2.24, 2.45) is 5.41 Å². The fourth-order valence-electron chi connectivity index (χ4n) is 2.09. The van der Waals surface area contributed by atoms with Crippen LogP contribution in [-0.2, 0) is 4.74 Å². The Labute approximate surface area is 109 Å². The smallest absolute Gasteiger partial charge is 0.215 e. The lowest BCUT2D eigenvalue weighted by Crippen LogP contribution is -2.33. The molecule has 0 saturated carbocycles.